The minimum Gasteiger partial charge on any atom is -0.478 e. The molecule has 0 aromatic heterocycles. The summed E-state index contributed by atoms with van der Waals surface area (Å²) in [5, 5.41) is 9.80. The average molecular weight is 436 g/mol. The maximum absolute atomic E-state index is 13.0. The fourth-order valence-corrected chi connectivity index (χ4v) is 5.57. The van der Waals surface area contributed by atoms with Crippen LogP contribution in [0.5, 0.6) is 5.75 Å². The Hall–Kier alpha value is -3.16. The lowest BCUT2D eigenvalue weighted by molar-refractivity contribution is 0.0694. The van der Waals surface area contributed by atoms with Crippen LogP contribution in [0.4, 0.5) is 0 Å². The second-order valence-electron chi connectivity index (χ2n) is 7.88. The number of rotatable bonds is 4. The zero-order chi connectivity index (χ0) is 21.6. The van der Waals surface area contributed by atoms with Crippen molar-refractivity contribution in [2.45, 2.75) is 30.3 Å². The molecule has 2 aliphatic rings. The first-order chi connectivity index (χ1) is 14.9. The summed E-state index contributed by atoms with van der Waals surface area (Å²) in [5.74, 6) is -1.28. The normalized spacial score (nSPS) is 17.9. The highest BCUT2D eigenvalue weighted by Crippen LogP contribution is 2.44. The predicted octanol–water partition coefficient (Wildman–Crippen LogP) is 3.81. The van der Waals surface area contributed by atoms with E-state index in [0.29, 0.717) is 18.4 Å². The molecule has 0 radical (unpaired) electrons. The summed E-state index contributed by atoms with van der Waals surface area (Å²) in [6, 6.07) is 19.1. The first-order valence-electron chi connectivity index (χ1n) is 10.1. The molecule has 0 bridgehead atoms. The van der Waals surface area contributed by atoms with Gasteiger partial charge in [-0.25, -0.2) is 4.79 Å². The van der Waals surface area contributed by atoms with Gasteiger partial charge in [-0.3, -0.25) is 4.90 Å². The Bertz CT molecular complexity index is 1270. The molecule has 7 heteroatoms. The van der Waals surface area contributed by atoms with Crippen molar-refractivity contribution in [3.05, 3.63) is 94.5 Å². The van der Waals surface area contributed by atoms with Gasteiger partial charge < -0.3 is 9.29 Å². The molecule has 0 saturated carbocycles. The maximum atomic E-state index is 13.0. The van der Waals surface area contributed by atoms with Crippen LogP contribution in [0.15, 0.2) is 71.6 Å². The maximum Gasteiger partial charge on any atom is 0.339 e. The van der Waals surface area contributed by atoms with Gasteiger partial charge in [0.1, 0.15) is 10.5 Å². The lowest BCUT2D eigenvalue weighted by atomic mass is 9.83. The number of nitrogens with zero attached hydrogens (tertiary/aromatic N) is 1. The van der Waals surface area contributed by atoms with Crippen LogP contribution in [0.2, 0.25) is 0 Å². The molecule has 0 saturated heterocycles. The van der Waals surface area contributed by atoms with Gasteiger partial charge in [-0.15, -0.1) is 0 Å². The zero-order valence-corrected chi connectivity index (χ0v) is 17.5. The van der Waals surface area contributed by atoms with Crippen molar-refractivity contribution in [3.8, 4) is 5.75 Å². The number of aromatic carboxylic acids is 1. The standard InChI is InChI=1S/C24H21NO5S/c26-24(27)20-11-10-16-12-13-25-15-18-7-5-4-6-17(18)14-21(25)22(16)23(20)30-31(28,29)19-8-2-1-3-9-19/h1-11,21H,12-15H2,(H,26,27). The summed E-state index contributed by atoms with van der Waals surface area (Å²) in [4.78, 5) is 14.3. The van der Waals surface area contributed by atoms with Crippen LogP contribution in [0.25, 0.3) is 0 Å². The third kappa shape index (κ3) is 3.49. The van der Waals surface area contributed by atoms with Gasteiger partial charge in [0.25, 0.3) is 0 Å². The van der Waals surface area contributed by atoms with Crippen LogP contribution in [-0.4, -0.2) is 30.9 Å². The Kier molecular flexibility index (Phi) is 4.79. The van der Waals surface area contributed by atoms with E-state index >= 15 is 0 Å². The first kappa shape index (κ1) is 19.8. The largest absolute Gasteiger partial charge is 0.478 e. The van der Waals surface area contributed by atoms with Crippen LogP contribution in [0.3, 0.4) is 0 Å². The second kappa shape index (κ2) is 7.51. The molecule has 0 spiro atoms. The van der Waals surface area contributed by atoms with Gasteiger partial charge in [-0.1, -0.05) is 48.5 Å². The molecule has 1 N–H and O–H groups in total. The highest BCUT2D eigenvalue weighted by atomic mass is 32.2. The van der Waals surface area contributed by atoms with Crippen molar-refractivity contribution in [1.29, 1.82) is 0 Å². The highest BCUT2D eigenvalue weighted by molar-refractivity contribution is 7.87. The molecular weight excluding hydrogens is 414 g/mol. The van der Waals surface area contributed by atoms with Gasteiger partial charge >= 0.3 is 16.1 Å². The van der Waals surface area contributed by atoms with E-state index < -0.39 is 16.1 Å². The minimum absolute atomic E-state index is 0.00871. The SMILES string of the molecule is O=C(O)c1ccc2c(c1OS(=O)(=O)c1ccccc1)C1Cc3ccccc3CN1CC2. The van der Waals surface area contributed by atoms with Crippen molar-refractivity contribution < 1.29 is 22.5 Å². The third-order valence-corrected chi connectivity index (χ3v) is 7.32. The monoisotopic (exact) mass is 435 g/mol. The van der Waals surface area contributed by atoms with E-state index in [9.17, 15) is 18.3 Å². The molecule has 6 nitrogen and oxygen atoms in total. The van der Waals surface area contributed by atoms with Gasteiger partial charge in [0.2, 0.25) is 0 Å². The van der Waals surface area contributed by atoms with Crippen LogP contribution < -0.4 is 4.18 Å². The average Bonchev–Trinajstić information content (AvgIpc) is 2.77. The van der Waals surface area contributed by atoms with E-state index in [2.05, 4.69) is 17.0 Å². The summed E-state index contributed by atoms with van der Waals surface area (Å²) in [6.45, 7) is 1.56. The van der Waals surface area contributed by atoms with E-state index in [4.69, 9.17) is 4.18 Å². The summed E-state index contributed by atoms with van der Waals surface area (Å²) in [6.07, 6.45) is 1.38. The van der Waals surface area contributed by atoms with E-state index in [-0.39, 0.29) is 22.3 Å². The molecule has 0 amide bonds. The Morgan fingerprint density at radius 3 is 2.39 bits per heavy atom. The molecule has 1 unspecified atom stereocenters. The molecule has 31 heavy (non-hydrogen) atoms. The Morgan fingerprint density at radius 1 is 0.935 bits per heavy atom. The third-order valence-electron chi connectivity index (χ3n) is 6.09. The van der Waals surface area contributed by atoms with E-state index in [1.165, 1.54) is 29.3 Å². The summed E-state index contributed by atoms with van der Waals surface area (Å²) in [7, 11) is -4.18. The van der Waals surface area contributed by atoms with E-state index in [1.807, 2.05) is 12.1 Å². The molecular formula is C24H21NO5S. The zero-order valence-electron chi connectivity index (χ0n) is 16.7. The van der Waals surface area contributed by atoms with Crippen LogP contribution in [0, 0.1) is 0 Å². The van der Waals surface area contributed by atoms with Crippen molar-refractivity contribution in [2.24, 2.45) is 0 Å². The minimum atomic E-state index is -4.18. The van der Waals surface area contributed by atoms with Crippen LogP contribution in [0.1, 0.15) is 38.7 Å². The second-order valence-corrected chi connectivity index (χ2v) is 9.43. The molecule has 2 heterocycles. The van der Waals surface area contributed by atoms with Crippen molar-refractivity contribution in [2.75, 3.05) is 6.54 Å². The van der Waals surface area contributed by atoms with Gasteiger partial charge in [0.05, 0.1) is 0 Å². The molecule has 3 aromatic rings. The summed E-state index contributed by atoms with van der Waals surface area (Å²) >= 11 is 0. The van der Waals surface area contributed by atoms with E-state index in [1.54, 1.807) is 24.3 Å². The smallest absolute Gasteiger partial charge is 0.339 e. The number of hydrogen-bond acceptors (Lipinski definition) is 5. The van der Waals surface area contributed by atoms with Gasteiger partial charge in [0, 0.05) is 24.7 Å². The van der Waals surface area contributed by atoms with Gasteiger partial charge in [-0.2, -0.15) is 8.42 Å². The topological polar surface area (TPSA) is 83.9 Å². The first-order valence-corrected chi connectivity index (χ1v) is 11.5. The van der Waals surface area contributed by atoms with Crippen molar-refractivity contribution >= 4 is 16.1 Å². The van der Waals surface area contributed by atoms with Crippen molar-refractivity contribution in [3.63, 3.8) is 0 Å². The van der Waals surface area contributed by atoms with Gasteiger partial charge in [0.15, 0.2) is 5.75 Å². The molecule has 158 valence electrons. The number of benzene rings is 3. The molecule has 1 atom stereocenters. The fraction of sp³-hybridized carbons (Fsp3) is 0.208. The Balaban J connectivity index is 1.65. The lowest BCUT2D eigenvalue weighted by Crippen LogP contribution is -2.40. The molecule has 0 fully saturated rings. The number of carboxylic acids is 1. The quantitative estimate of drug-likeness (QED) is 0.628. The lowest BCUT2D eigenvalue weighted by Gasteiger charge is -2.42. The number of hydrogen-bond donors (Lipinski definition) is 1. The van der Waals surface area contributed by atoms with Crippen LogP contribution in [-0.2, 0) is 29.5 Å². The molecule has 2 aliphatic heterocycles. The Labute approximate surface area is 180 Å². The fourth-order valence-electron chi connectivity index (χ4n) is 4.59. The van der Waals surface area contributed by atoms with Gasteiger partial charge in [-0.05, 0) is 47.7 Å². The molecule has 0 aliphatic carbocycles. The Morgan fingerprint density at radius 2 is 1.65 bits per heavy atom. The molecule has 3 aromatic carbocycles. The predicted molar refractivity (Wildman–Crippen MR) is 115 cm³/mol. The van der Waals surface area contributed by atoms with Crippen molar-refractivity contribution in [1.82, 2.24) is 4.90 Å². The highest BCUT2D eigenvalue weighted by Gasteiger charge is 2.37. The number of carbonyl (C=O) groups is 1. The molecule has 5 rings (SSSR count). The number of carboxylic acid groups (broad SMARTS) is 1. The van der Waals surface area contributed by atoms with Crippen LogP contribution >= 0.6 is 0 Å². The van der Waals surface area contributed by atoms with E-state index in [0.717, 1.165) is 18.7 Å². The number of fused-ring (bicyclic) bond motifs is 4. The summed E-state index contributed by atoms with van der Waals surface area (Å²) in [5.41, 5.74) is 3.90. The summed E-state index contributed by atoms with van der Waals surface area (Å²) < 4.78 is 31.6.